The van der Waals surface area contributed by atoms with Crippen molar-refractivity contribution in [2.45, 2.75) is 46.6 Å². The predicted octanol–water partition coefficient (Wildman–Crippen LogP) is 5.31. The average Bonchev–Trinajstić information content (AvgIpc) is 2.54. The van der Waals surface area contributed by atoms with Crippen molar-refractivity contribution in [1.29, 1.82) is 0 Å². The maximum absolute atomic E-state index is 6.07. The third kappa shape index (κ3) is 6.81. The van der Waals surface area contributed by atoms with Crippen LogP contribution < -0.4 is 0 Å². The zero-order valence-corrected chi connectivity index (χ0v) is 17.2. The summed E-state index contributed by atoms with van der Waals surface area (Å²) in [6, 6.07) is 5.54. The van der Waals surface area contributed by atoms with Crippen molar-refractivity contribution in [3.8, 4) is 0 Å². The molecule has 0 saturated carbocycles. The topological polar surface area (TPSA) is 43.2 Å². The first-order chi connectivity index (χ1) is 11.5. The van der Waals surface area contributed by atoms with E-state index in [2.05, 4.69) is 39.8 Å². The fourth-order valence-electron chi connectivity index (χ4n) is 2.10. The van der Waals surface area contributed by atoms with Gasteiger partial charge in [-0.3, -0.25) is 0 Å². The molecule has 0 spiro atoms. The summed E-state index contributed by atoms with van der Waals surface area (Å²) in [5.41, 5.74) is 1.07. The Labute approximate surface area is 158 Å². The van der Waals surface area contributed by atoms with Crippen LogP contribution in [0.15, 0.2) is 32.7 Å². The molecule has 0 bridgehead atoms. The maximum atomic E-state index is 6.07. The third-order valence-electron chi connectivity index (χ3n) is 2.98. The van der Waals surface area contributed by atoms with Crippen molar-refractivity contribution < 1.29 is 9.47 Å². The van der Waals surface area contributed by atoms with E-state index in [1.165, 1.54) is 6.42 Å². The molecule has 6 heteroatoms. The van der Waals surface area contributed by atoms with E-state index < -0.39 is 0 Å². The SMILES string of the molecule is CCC.CCOC1=NC(Cc2cc(Cl)ccc2Br)C(OCC)=NC1. The minimum atomic E-state index is -0.171. The number of hydrogen-bond acceptors (Lipinski definition) is 4. The summed E-state index contributed by atoms with van der Waals surface area (Å²) in [4.78, 5) is 9.05. The maximum Gasteiger partial charge on any atom is 0.209 e. The summed E-state index contributed by atoms with van der Waals surface area (Å²) in [6.45, 7) is 9.73. The van der Waals surface area contributed by atoms with Gasteiger partial charge in [-0.15, -0.1) is 0 Å². The first kappa shape index (κ1) is 21.0. The second-order valence-corrected chi connectivity index (χ2v) is 6.50. The minimum absolute atomic E-state index is 0.171. The molecule has 0 radical (unpaired) electrons. The van der Waals surface area contributed by atoms with Crippen LogP contribution in [0.25, 0.3) is 0 Å². The van der Waals surface area contributed by atoms with E-state index in [1.807, 2.05) is 32.0 Å². The normalized spacial score (nSPS) is 16.5. The molecule has 1 aromatic carbocycles. The van der Waals surface area contributed by atoms with E-state index in [0.717, 1.165) is 10.0 Å². The lowest BCUT2D eigenvalue weighted by Gasteiger charge is -2.21. The van der Waals surface area contributed by atoms with Crippen LogP contribution in [0.1, 0.15) is 39.7 Å². The number of aliphatic imine (C=N–C) groups is 2. The van der Waals surface area contributed by atoms with E-state index in [9.17, 15) is 0 Å². The van der Waals surface area contributed by atoms with Crippen molar-refractivity contribution in [3.63, 3.8) is 0 Å². The Bertz CT molecular complexity index is 576. The molecule has 24 heavy (non-hydrogen) atoms. The Morgan fingerprint density at radius 3 is 2.46 bits per heavy atom. The Morgan fingerprint density at radius 2 is 1.83 bits per heavy atom. The Hall–Kier alpha value is -1.07. The molecule has 2 rings (SSSR count). The molecular formula is C18H26BrClN2O2. The minimum Gasteiger partial charge on any atom is -0.480 e. The largest absolute Gasteiger partial charge is 0.480 e. The lowest BCUT2D eigenvalue weighted by molar-refractivity contribution is 0.293. The molecule has 1 heterocycles. The average molecular weight is 418 g/mol. The van der Waals surface area contributed by atoms with Crippen LogP contribution in [0.3, 0.4) is 0 Å². The third-order valence-corrected chi connectivity index (χ3v) is 3.99. The molecule has 1 aliphatic rings. The second-order valence-electron chi connectivity index (χ2n) is 5.21. The Morgan fingerprint density at radius 1 is 1.17 bits per heavy atom. The number of halogens is 2. The zero-order valence-electron chi connectivity index (χ0n) is 14.8. The molecule has 4 nitrogen and oxygen atoms in total. The molecule has 134 valence electrons. The monoisotopic (exact) mass is 416 g/mol. The van der Waals surface area contributed by atoms with E-state index in [0.29, 0.717) is 43.0 Å². The van der Waals surface area contributed by atoms with Gasteiger partial charge in [0.15, 0.2) is 0 Å². The Balaban J connectivity index is 0.000000891. The summed E-state index contributed by atoms with van der Waals surface area (Å²) >= 11 is 9.61. The predicted molar refractivity (Wildman–Crippen MR) is 106 cm³/mol. The summed E-state index contributed by atoms with van der Waals surface area (Å²) in [6.07, 6.45) is 1.91. The lowest BCUT2D eigenvalue weighted by Crippen LogP contribution is -2.31. The molecule has 1 aliphatic heterocycles. The van der Waals surface area contributed by atoms with Gasteiger partial charge < -0.3 is 9.47 Å². The fourth-order valence-corrected chi connectivity index (χ4v) is 2.70. The molecule has 0 N–H and O–H groups in total. The summed E-state index contributed by atoms with van der Waals surface area (Å²) in [5, 5.41) is 0.702. The first-order valence-corrected chi connectivity index (χ1v) is 9.53. The van der Waals surface area contributed by atoms with Gasteiger partial charge in [0.25, 0.3) is 0 Å². The first-order valence-electron chi connectivity index (χ1n) is 8.36. The van der Waals surface area contributed by atoms with Crippen LogP contribution in [-0.2, 0) is 15.9 Å². The van der Waals surface area contributed by atoms with Crippen molar-refractivity contribution in [1.82, 2.24) is 0 Å². The van der Waals surface area contributed by atoms with Gasteiger partial charge >= 0.3 is 0 Å². The highest BCUT2D eigenvalue weighted by Gasteiger charge is 2.23. The van der Waals surface area contributed by atoms with Gasteiger partial charge in [0.2, 0.25) is 11.8 Å². The van der Waals surface area contributed by atoms with Gasteiger partial charge in [-0.05, 0) is 37.6 Å². The zero-order chi connectivity index (χ0) is 17.9. The number of benzene rings is 1. The van der Waals surface area contributed by atoms with Crippen molar-refractivity contribution >= 4 is 39.3 Å². The van der Waals surface area contributed by atoms with Crippen LogP contribution in [0.2, 0.25) is 5.02 Å². The van der Waals surface area contributed by atoms with E-state index >= 15 is 0 Å². The molecule has 1 aromatic rings. The highest BCUT2D eigenvalue weighted by atomic mass is 79.9. The van der Waals surface area contributed by atoms with Crippen LogP contribution in [0.5, 0.6) is 0 Å². The van der Waals surface area contributed by atoms with E-state index in [-0.39, 0.29) is 6.04 Å². The number of rotatable bonds is 4. The highest BCUT2D eigenvalue weighted by Crippen LogP contribution is 2.24. The summed E-state index contributed by atoms with van der Waals surface area (Å²) in [5.74, 6) is 1.32. The second kappa shape index (κ2) is 11.5. The highest BCUT2D eigenvalue weighted by molar-refractivity contribution is 9.10. The summed E-state index contributed by atoms with van der Waals surface area (Å²) in [7, 11) is 0. The van der Waals surface area contributed by atoms with Crippen LogP contribution in [-0.4, -0.2) is 37.6 Å². The standard InChI is InChI=1S/C15H18BrClN2O2.C3H8/c1-3-20-14-9-18-15(21-4-2)13(19-14)8-10-7-11(17)5-6-12(10)16;1-3-2/h5-7,13H,3-4,8-9H2,1-2H3;3H2,1-2H3. The number of nitrogens with zero attached hydrogens (tertiary/aromatic N) is 2. The molecule has 1 unspecified atom stereocenters. The van der Waals surface area contributed by atoms with Crippen molar-refractivity contribution in [2.75, 3.05) is 19.8 Å². The van der Waals surface area contributed by atoms with Gasteiger partial charge in [0.05, 0.1) is 13.2 Å². The van der Waals surface area contributed by atoms with E-state index in [1.54, 1.807) is 0 Å². The van der Waals surface area contributed by atoms with Gasteiger partial charge in [0, 0.05) is 15.9 Å². The quantitative estimate of drug-likeness (QED) is 0.666. The molecule has 0 fully saturated rings. The lowest BCUT2D eigenvalue weighted by atomic mass is 10.1. The van der Waals surface area contributed by atoms with Crippen LogP contribution in [0.4, 0.5) is 0 Å². The fraction of sp³-hybridized carbons (Fsp3) is 0.556. The van der Waals surface area contributed by atoms with Gasteiger partial charge in [-0.2, -0.15) is 0 Å². The van der Waals surface area contributed by atoms with Crippen LogP contribution in [0, 0.1) is 0 Å². The van der Waals surface area contributed by atoms with Crippen LogP contribution >= 0.6 is 27.5 Å². The molecule has 0 saturated heterocycles. The smallest absolute Gasteiger partial charge is 0.209 e. The van der Waals surface area contributed by atoms with Crippen molar-refractivity contribution in [2.24, 2.45) is 9.98 Å². The Kier molecular flexibility index (Phi) is 10.0. The molecule has 1 atom stereocenters. The number of hydrogen-bond donors (Lipinski definition) is 0. The van der Waals surface area contributed by atoms with Crippen molar-refractivity contribution in [3.05, 3.63) is 33.3 Å². The van der Waals surface area contributed by atoms with Gasteiger partial charge in [0.1, 0.15) is 12.6 Å². The van der Waals surface area contributed by atoms with Gasteiger partial charge in [-0.1, -0.05) is 47.8 Å². The number of ether oxygens (including phenoxy) is 2. The molecule has 0 aliphatic carbocycles. The molecular weight excluding hydrogens is 392 g/mol. The summed E-state index contributed by atoms with van der Waals surface area (Å²) < 4.78 is 12.1. The van der Waals surface area contributed by atoms with E-state index in [4.69, 9.17) is 21.1 Å². The molecule has 0 aromatic heterocycles. The van der Waals surface area contributed by atoms with Gasteiger partial charge in [-0.25, -0.2) is 9.98 Å². The molecule has 0 amide bonds.